The Morgan fingerprint density at radius 3 is 1.96 bits per heavy atom. The van der Waals surface area contributed by atoms with Crippen molar-refractivity contribution in [1.82, 2.24) is 0 Å². The molecule has 0 saturated carbocycles. The standard InChI is InChI=1S/C20H14BrN3O4/c21-15-5-7-19(25)13(9-15)11-22-17-3-1-2-4-18(17)23-12-14-10-16(24(27)28)6-8-20(14)26/h1-12,25-26H. The van der Waals surface area contributed by atoms with E-state index >= 15 is 0 Å². The molecule has 0 aliphatic rings. The maximum absolute atomic E-state index is 10.9. The highest BCUT2D eigenvalue weighted by Gasteiger charge is 2.09. The lowest BCUT2D eigenvalue weighted by Crippen LogP contribution is -1.90. The quantitative estimate of drug-likeness (QED) is 0.320. The van der Waals surface area contributed by atoms with Crippen molar-refractivity contribution in [3.63, 3.8) is 0 Å². The van der Waals surface area contributed by atoms with Gasteiger partial charge in [-0.15, -0.1) is 0 Å². The summed E-state index contributed by atoms with van der Waals surface area (Å²) in [7, 11) is 0. The summed E-state index contributed by atoms with van der Waals surface area (Å²) in [4.78, 5) is 19.0. The number of nitro groups is 1. The molecule has 0 atom stereocenters. The molecule has 3 aromatic rings. The van der Waals surface area contributed by atoms with Gasteiger partial charge in [-0.2, -0.15) is 0 Å². The molecule has 0 bridgehead atoms. The van der Waals surface area contributed by atoms with Gasteiger partial charge in [-0.3, -0.25) is 20.1 Å². The Balaban J connectivity index is 1.92. The highest BCUT2D eigenvalue weighted by molar-refractivity contribution is 9.10. The van der Waals surface area contributed by atoms with Gasteiger partial charge < -0.3 is 10.2 Å². The molecule has 0 heterocycles. The molecular formula is C20H14BrN3O4. The summed E-state index contributed by atoms with van der Waals surface area (Å²) in [5, 5.41) is 30.7. The first-order valence-corrected chi connectivity index (χ1v) is 8.86. The van der Waals surface area contributed by atoms with Gasteiger partial charge >= 0.3 is 0 Å². The largest absolute Gasteiger partial charge is 0.507 e. The van der Waals surface area contributed by atoms with Crippen LogP contribution in [0.4, 0.5) is 17.1 Å². The molecule has 0 fully saturated rings. The molecule has 0 radical (unpaired) electrons. The Morgan fingerprint density at radius 1 is 0.857 bits per heavy atom. The van der Waals surface area contributed by atoms with E-state index in [0.717, 1.165) is 4.47 Å². The van der Waals surface area contributed by atoms with Crippen molar-refractivity contribution in [2.24, 2.45) is 9.98 Å². The Kier molecular flexibility index (Phi) is 5.81. The zero-order valence-corrected chi connectivity index (χ0v) is 15.9. The molecule has 28 heavy (non-hydrogen) atoms. The van der Waals surface area contributed by atoms with Crippen molar-refractivity contribution < 1.29 is 15.1 Å². The minimum Gasteiger partial charge on any atom is -0.507 e. The van der Waals surface area contributed by atoms with Crippen LogP contribution >= 0.6 is 15.9 Å². The molecule has 0 unspecified atom stereocenters. The molecule has 0 saturated heterocycles. The van der Waals surface area contributed by atoms with Gasteiger partial charge in [0.2, 0.25) is 0 Å². The van der Waals surface area contributed by atoms with E-state index in [0.29, 0.717) is 16.9 Å². The number of phenols is 2. The summed E-state index contributed by atoms with van der Waals surface area (Å²) in [6.45, 7) is 0. The lowest BCUT2D eigenvalue weighted by Gasteiger charge is -2.02. The van der Waals surface area contributed by atoms with E-state index < -0.39 is 4.92 Å². The molecule has 0 aromatic heterocycles. The van der Waals surface area contributed by atoms with Crippen LogP contribution in [-0.4, -0.2) is 27.6 Å². The van der Waals surface area contributed by atoms with Gasteiger partial charge in [-0.1, -0.05) is 28.1 Å². The van der Waals surface area contributed by atoms with E-state index in [4.69, 9.17) is 0 Å². The van der Waals surface area contributed by atoms with E-state index in [1.54, 1.807) is 42.5 Å². The first-order valence-electron chi connectivity index (χ1n) is 8.07. The Labute approximate surface area is 168 Å². The Bertz CT molecular complexity index is 1100. The van der Waals surface area contributed by atoms with Crippen LogP contribution in [0.2, 0.25) is 0 Å². The van der Waals surface area contributed by atoms with E-state index in [-0.39, 0.29) is 22.7 Å². The van der Waals surface area contributed by atoms with E-state index in [1.165, 1.54) is 30.6 Å². The number of hydrogen-bond acceptors (Lipinski definition) is 6. The molecule has 0 spiro atoms. The second-order valence-corrected chi connectivity index (χ2v) is 6.62. The van der Waals surface area contributed by atoms with Crippen LogP contribution in [0.25, 0.3) is 0 Å². The number of benzene rings is 3. The number of phenolic OH excluding ortho intramolecular Hbond substituents is 2. The smallest absolute Gasteiger partial charge is 0.270 e. The molecule has 0 aliphatic heterocycles. The number of aromatic hydroxyl groups is 2. The van der Waals surface area contributed by atoms with Crippen molar-refractivity contribution in [1.29, 1.82) is 0 Å². The molecule has 3 aromatic carbocycles. The van der Waals surface area contributed by atoms with Crippen LogP contribution in [0.15, 0.2) is 75.1 Å². The summed E-state index contributed by atoms with van der Waals surface area (Å²) >= 11 is 3.34. The third-order valence-electron chi connectivity index (χ3n) is 3.78. The van der Waals surface area contributed by atoms with E-state index in [2.05, 4.69) is 25.9 Å². The number of hydrogen-bond donors (Lipinski definition) is 2. The summed E-state index contributed by atoms with van der Waals surface area (Å²) in [6.07, 6.45) is 2.85. The van der Waals surface area contributed by atoms with Crippen molar-refractivity contribution in [3.8, 4) is 11.5 Å². The van der Waals surface area contributed by atoms with Crippen molar-refractivity contribution in [2.45, 2.75) is 0 Å². The normalized spacial score (nSPS) is 11.3. The molecule has 2 N–H and O–H groups in total. The van der Waals surface area contributed by atoms with Gasteiger partial charge in [0.15, 0.2) is 0 Å². The molecule has 7 nitrogen and oxygen atoms in total. The third-order valence-corrected chi connectivity index (χ3v) is 4.27. The number of para-hydroxylation sites is 2. The van der Waals surface area contributed by atoms with Crippen LogP contribution in [0.1, 0.15) is 11.1 Å². The second kappa shape index (κ2) is 8.45. The average molecular weight is 440 g/mol. The zero-order chi connectivity index (χ0) is 20.1. The van der Waals surface area contributed by atoms with E-state index in [1.807, 2.05) is 0 Å². The van der Waals surface area contributed by atoms with Crippen molar-refractivity contribution in [3.05, 3.63) is 86.4 Å². The number of nitrogens with zero attached hydrogens (tertiary/aromatic N) is 3. The second-order valence-electron chi connectivity index (χ2n) is 5.71. The molecule has 140 valence electrons. The number of aliphatic imine (C=N–C) groups is 2. The van der Waals surface area contributed by atoms with Crippen LogP contribution in [0.5, 0.6) is 11.5 Å². The SMILES string of the molecule is O=[N+]([O-])c1ccc(O)c(C=Nc2ccccc2N=Cc2cc(Br)ccc2O)c1. The van der Waals surface area contributed by atoms with Crippen molar-refractivity contribution in [2.75, 3.05) is 0 Å². The van der Waals surface area contributed by atoms with Gasteiger partial charge in [0.1, 0.15) is 11.5 Å². The number of non-ortho nitro benzene ring substituents is 1. The molecule has 3 rings (SSSR count). The minimum absolute atomic E-state index is 0.0921. The van der Waals surface area contributed by atoms with Crippen molar-refractivity contribution >= 4 is 45.4 Å². The summed E-state index contributed by atoms with van der Waals surface area (Å²) in [6, 6.07) is 15.7. The summed E-state index contributed by atoms with van der Waals surface area (Å²) in [5.41, 5.74) is 1.64. The minimum atomic E-state index is -0.542. The highest BCUT2D eigenvalue weighted by atomic mass is 79.9. The van der Waals surface area contributed by atoms with Gasteiger partial charge in [-0.25, -0.2) is 0 Å². The molecule has 0 aliphatic carbocycles. The topological polar surface area (TPSA) is 108 Å². The van der Waals surface area contributed by atoms with Crippen LogP contribution in [0.3, 0.4) is 0 Å². The molecular weight excluding hydrogens is 426 g/mol. The lowest BCUT2D eigenvalue weighted by atomic mass is 10.2. The number of nitro benzene ring substituents is 1. The van der Waals surface area contributed by atoms with Gasteiger partial charge in [-0.05, 0) is 36.4 Å². The summed E-state index contributed by atoms with van der Waals surface area (Å²) < 4.78 is 0.805. The van der Waals surface area contributed by atoms with Gasteiger partial charge in [0.05, 0.1) is 16.3 Å². The fourth-order valence-electron chi connectivity index (χ4n) is 2.35. The first kappa shape index (κ1) is 19.2. The average Bonchev–Trinajstić information content (AvgIpc) is 2.68. The highest BCUT2D eigenvalue weighted by Crippen LogP contribution is 2.29. The number of halogens is 1. The van der Waals surface area contributed by atoms with Crippen LogP contribution in [0, 0.1) is 10.1 Å². The van der Waals surface area contributed by atoms with Gasteiger partial charge in [0, 0.05) is 40.2 Å². The summed E-state index contributed by atoms with van der Waals surface area (Å²) in [5.74, 6) is -0.0242. The maximum atomic E-state index is 10.9. The zero-order valence-electron chi connectivity index (χ0n) is 14.4. The Hall–Kier alpha value is -3.52. The molecule has 0 amide bonds. The fourth-order valence-corrected chi connectivity index (χ4v) is 2.73. The predicted octanol–water partition coefficient (Wildman–Crippen LogP) is 5.27. The van der Waals surface area contributed by atoms with Crippen LogP contribution < -0.4 is 0 Å². The third kappa shape index (κ3) is 4.60. The predicted molar refractivity (Wildman–Crippen MR) is 112 cm³/mol. The molecule has 8 heteroatoms. The maximum Gasteiger partial charge on any atom is 0.270 e. The monoisotopic (exact) mass is 439 g/mol. The first-order chi connectivity index (χ1) is 13.4. The Morgan fingerprint density at radius 2 is 1.39 bits per heavy atom. The van der Waals surface area contributed by atoms with Gasteiger partial charge in [0.25, 0.3) is 5.69 Å². The lowest BCUT2D eigenvalue weighted by molar-refractivity contribution is -0.384. The number of rotatable bonds is 5. The van der Waals surface area contributed by atoms with E-state index in [9.17, 15) is 20.3 Å². The fraction of sp³-hybridized carbons (Fsp3) is 0. The van der Waals surface area contributed by atoms with Crippen LogP contribution in [-0.2, 0) is 0 Å².